The number of rotatable bonds is 6. The van der Waals surface area contributed by atoms with Crippen LogP contribution in [0.3, 0.4) is 0 Å². The molecule has 4 nitrogen and oxygen atoms in total. The quantitative estimate of drug-likeness (QED) is 0.707. The van der Waals surface area contributed by atoms with Crippen LogP contribution in [0.4, 0.5) is 14.5 Å². The van der Waals surface area contributed by atoms with Gasteiger partial charge in [-0.2, -0.15) is 0 Å². The van der Waals surface area contributed by atoms with Crippen LogP contribution in [0, 0.1) is 11.8 Å². The molecule has 1 N–H and O–H groups in total. The molecule has 1 fully saturated rings. The van der Waals surface area contributed by atoms with Gasteiger partial charge in [0.2, 0.25) is 5.92 Å². The lowest BCUT2D eigenvalue weighted by atomic mass is 9.86. The summed E-state index contributed by atoms with van der Waals surface area (Å²) in [5, 5.41) is 0. The lowest BCUT2D eigenvalue weighted by Crippen LogP contribution is -2.47. The van der Waals surface area contributed by atoms with Gasteiger partial charge in [-0.25, -0.2) is 13.0 Å². The fourth-order valence-corrected chi connectivity index (χ4v) is 4.94. The van der Waals surface area contributed by atoms with Crippen LogP contribution in [0.5, 0.6) is 0 Å². The van der Waals surface area contributed by atoms with Crippen molar-refractivity contribution in [1.29, 1.82) is 0 Å². The minimum absolute atomic E-state index is 0.0442. The Kier molecular flexibility index (Phi) is 6.21. The minimum atomic E-state index is -2.52. The van der Waals surface area contributed by atoms with Crippen molar-refractivity contribution in [2.24, 2.45) is 11.8 Å². The number of alkyl halides is 2. The summed E-state index contributed by atoms with van der Waals surface area (Å²) in [7, 11) is 0. The summed E-state index contributed by atoms with van der Waals surface area (Å²) in [4.78, 5) is 4.38. The van der Waals surface area contributed by atoms with Gasteiger partial charge in [0.15, 0.2) is 11.1 Å². The Morgan fingerprint density at radius 2 is 1.89 bits per heavy atom. The molecule has 2 aliphatic rings. The van der Waals surface area contributed by atoms with E-state index in [0.717, 1.165) is 11.4 Å². The number of nitrogens with zero attached hydrogens (tertiary/aromatic N) is 2. The Hall–Kier alpha value is -1.47. The molecule has 3 rings (SSSR count). The van der Waals surface area contributed by atoms with Crippen LogP contribution in [0.15, 0.2) is 42.2 Å². The molecular weight excluding hydrogens is 370 g/mol. The molecule has 1 aromatic rings. The Bertz CT molecular complexity index is 688. The van der Waals surface area contributed by atoms with Crippen molar-refractivity contribution in [2.45, 2.75) is 51.6 Å². The highest BCUT2D eigenvalue weighted by molar-refractivity contribution is 7.79. The van der Waals surface area contributed by atoms with Gasteiger partial charge in [-0.1, -0.05) is 25.1 Å². The molecular formula is C20H28F2N2O2S. The lowest BCUT2D eigenvalue weighted by Gasteiger charge is -2.40. The van der Waals surface area contributed by atoms with Gasteiger partial charge in [0.25, 0.3) is 0 Å². The second-order valence-electron chi connectivity index (χ2n) is 7.85. The lowest BCUT2D eigenvalue weighted by molar-refractivity contribution is -0.0486. The maximum atomic E-state index is 13.5. The van der Waals surface area contributed by atoms with Crippen LogP contribution in [-0.2, 0) is 11.1 Å². The van der Waals surface area contributed by atoms with Gasteiger partial charge in [0.05, 0.1) is 5.75 Å². The third-order valence-electron chi connectivity index (χ3n) is 5.59. The predicted molar refractivity (Wildman–Crippen MR) is 105 cm³/mol. The molecule has 0 aromatic heterocycles. The van der Waals surface area contributed by atoms with Crippen molar-refractivity contribution < 1.29 is 17.5 Å². The van der Waals surface area contributed by atoms with E-state index >= 15 is 0 Å². The van der Waals surface area contributed by atoms with Crippen molar-refractivity contribution in [3.63, 3.8) is 0 Å². The van der Waals surface area contributed by atoms with Crippen LogP contribution < -0.4 is 4.90 Å². The van der Waals surface area contributed by atoms with Crippen molar-refractivity contribution in [3.8, 4) is 0 Å². The molecule has 1 heterocycles. The van der Waals surface area contributed by atoms with Crippen LogP contribution in [0.2, 0.25) is 0 Å². The molecule has 1 aliphatic heterocycles. The summed E-state index contributed by atoms with van der Waals surface area (Å²) in [6.07, 6.45) is 2.94. The van der Waals surface area contributed by atoms with E-state index in [-0.39, 0.29) is 36.6 Å². The molecule has 150 valence electrons. The molecule has 3 unspecified atom stereocenters. The van der Waals surface area contributed by atoms with Gasteiger partial charge in [-0.3, -0.25) is 0 Å². The molecule has 0 amide bonds. The van der Waals surface area contributed by atoms with Gasteiger partial charge in [0, 0.05) is 42.9 Å². The summed E-state index contributed by atoms with van der Waals surface area (Å²) in [5.74, 6) is -2.19. The SMILES string of the molecule is CC1=CN(CC2CCC(F)(F)CC2)C(C(C)CS(=O)O)N1c1ccccc1. The largest absolute Gasteiger partial charge is 0.355 e. The highest BCUT2D eigenvalue weighted by atomic mass is 32.2. The fourth-order valence-electron chi connectivity index (χ4n) is 4.31. The summed E-state index contributed by atoms with van der Waals surface area (Å²) in [6, 6.07) is 9.95. The van der Waals surface area contributed by atoms with Gasteiger partial charge in [-0.05, 0) is 37.8 Å². The van der Waals surface area contributed by atoms with Gasteiger partial charge >= 0.3 is 0 Å². The third-order valence-corrected chi connectivity index (χ3v) is 6.40. The highest BCUT2D eigenvalue weighted by Gasteiger charge is 2.39. The maximum Gasteiger partial charge on any atom is 0.248 e. The first-order valence-corrected chi connectivity index (χ1v) is 10.8. The maximum absolute atomic E-state index is 13.5. The average molecular weight is 399 g/mol. The average Bonchev–Trinajstić information content (AvgIpc) is 2.93. The summed E-state index contributed by atoms with van der Waals surface area (Å²) in [6.45, 7) is 4.70. The molecule has 1 aliphatic carbocycles. The van der Waals surface area contributed by atoms with E-state index in [1.165, 1.54) is 0 Å². The second-order valence-corrected chi connectivity index (χ2v) is 8.83. The number of hydrogen-bond donors (Lipinski definition) is 1. The Labute approximate surface area is 162 Å². The molecule has 7 heteroatoms. The van der Waals surface area contributed by atoms with Gasteiger partial charge in [0.1, 0.15) is 6.17 Å². The zero-order valence-electron chi connectivity index (χ0n) is 15.9. The summed E-state index contributed by atoms with van der Waals surface area (Å²) < 4.78 is 47.8. The molecule has 1 saturated carbocycles. The fraction of sp³-hybridized carbons (Fsp3) is 0.600. The first kappa shape index (κ1) is 20.3. The van der Waals surface area contributed by atoms with Crippen LogP contribution in [0.1, 0.15) is 39.5 Å². The molecule has 27 heavy (non-hydrogen) atoms. The third kappa shape index (κ3) is 4.88. The molecule has 3 atom stereocenters. The number of halogens is 2. The van der Waals surface area contributed by atoms with Crippen molar-refractivity contribution >= 4 is 16.8 Å². The van der Waals surface area contributed by atoms with Gasteiger partial charge in [-0.15, -0.1) is 0 Å². The van der Waals surface area contributed by atoms with Crippen LogP contribution in [-0.4, -0.2) is 38.0 Å². The van der Waals surface area contributed by atoms with Gasteiger partial charge < -0.3 is 14.4 Å². The number of hydrogen-bond acceptors (Lipinski definition) is 3. The predicted octanol–water partition coefficient (Wildman–Crippen LogP) is 4.68. The first-order chi connectivity index (χ1) is 12.8. The highest BCUT2D eigenvalue weighted by Crippen LogP contribution is 2.39. The number of anilines is 1. The minimum Gasteiger partial charge on any atom is -0.355 e. The summed E-state index contributed by atoms with van der Waals surface area (Å²) in [5.41, 5.74) is 2.09. The zero-order chi connectivity index (χ0) is 19.6. The first-order valence-electron chi connectivity index (χ1n) is 9.50. The standard InChI is InChI=1S/C20H28F2N2O2S/c1-15(14-27(25)26)19-23(13-17-8-10-20(21,22)11-9-17)12-16(2)24(19)18-6-4-3-5-7-18/h3-7,12,15,17,19H,8-11,13-14H2,1-2H3,(H,25,26). The van der Waals surface area contributed by atoms with E-state index < -0.39 is 17.0 Å². The number of allylic oxidation sites excluding steroid dienone is 1. The molecule has 1 aromatic carbocycles. The van der Waals surface area contributed by atoms with E-state index in [1.807, 2.05) is 44.2 Å². The summed E-state index contributed by atoms with van der Waals surface area (Å²) >= 11 is -1.88. The van der Waals surface area contributed by atoms with Crippen molar-refractivity contribution in [1.82, 2.24) is 4.90 Å². The zero-order valence-corrected chi connectivity index (χ0v) is 16.7. The van der Waals surface area contributed by atoms with Crippen molar-refractivity contribution in [2.75, 3.05) is 17.2 Å². The Morgan fingerprint density at radius 3 is 2.48 bits per heavy atom. The van der Waals surface area contributed by atoms with E-state index in [9.17, 15) is 17.5 Å². The molecule has 0 radical (unpaired) electrons. The van der Waals surface area contributed by atoms with Crippen molar-refractivity contribution in [3.05, 3.63) is 42.2 Å². The Morgan fingerprint density at radius 1 is 1.26 bits per heavy atom. The molecule has 0 bridgehead atoms. The van der Waals surface area contributed by atoms with E-state index in [1.54, 1.807) is 0 Å². The smallest absolute Gasteiger partial charge is 0.248 e. The molecule has 0 saturated heterocycles. The van der Waals surface area contributed by atoms with Crippen LogP contribution >= 0.6 is 0 Å². The second kappa shape index (κ2) is 8.27. The van der Waals surface area contributed by atoms with Crippen LogP contribution in [0.25, 0.3) is 0 Å². The number of para-hydroxylation sites is 1. The number of benzene rings is 1. The van der Waals surface area contributed by atoms with E-state index in [4.69, 9.17) is 0 Å². The monoisotopic (exact) mass is 398 g/mol. The van der Waals surface area contributed by atoms with E-state index in [0.29, 0.717) is 19.4 Å². The Balaban J connectivity index is 1.80. The van der Waals surface area contributed by atoms with E-state index in [2.05, 4.69) is 16.0 Å². The molecule has 0 spiro atoms. The normalized spacial score (nSPS) is 25.4. The topological polar surface area (TPSA) is 43.8 Å².